The molecular weight excluding hydrogens is 348 g/mol. The van der Waals surface area contributed by atoms with Gasteiger partial charge in [-0.25, -0.2) is 0 Å². The monoisotopic (exact) mass is 372 g/mol. The molecule has 4 aromatic carbocycles. The van der Waals surface area contributed by atoms with E-state index in [4.69, 9.17) is 0 Å². The third-order valence-electron chi connectivity index (χ3n) is 5.00. The topological polar surface area (TPSA) is 0 Å². The lowest BCUT2D eigenvalue weighted by molar-refractivity contribution is 0.571. The highest BCUT2D eigenvalue weighted by Crippen LogP contribution is 2.31. The fourth-order valence-electron chi connectivity index (χ4n) is 3.51. The Morgan fingerprint density at radius 1 is 0.552 bits per heavy atom. The Kier molecular flexibility index (Phi) is 4.88. The predicted octanol–water partition coefficient (Wildman–Crippen LogP) is 7.10. The number of fused-ring (bicyclic) bond motifs is 2. The van der Waals surface area contributed by atoms with Crippen LogP contribution in [0.5, 0.6) is 0 Å². The second-order valence-electron chi connectivity index (χ2n) is 8.42. The molecular formula is C29H24. The third-order valence-corrected chi connectivity index (χ3v) is 5.00. The lowest BCUT2D eigenvalue weighted by atomic mass is 9.92. The third kappa shape index (κ3) is 4.03. The van der Waals surface area contributed by atoms with Crippen molar-refractivity contribution in [3.8, 4) is 23.7 Å². The van der Waals surface area contributed by atoms with Crippen LogP contribution >= 0.6 is 0 Å². The quantitative estimate of drug-likeness (QED) is 0.228. The van der Waals surface area contributed by atoms with Gasteiger partial charge in [0.05, 0.1) is 0 Å². The van der Waals surface area contributed by atoms with Crippen LogP contribution in [0.4, 0.5) is 0 Å². The summed E-state index contributed by atoms with van der Waals surface area (Å²) in [6.45, 7) is 8.56. The molecule has 0 radical (unpaired) electrons. The fourth-order valence-corrected chi connectivity index (χ4v) is 3.51. The summed E-state index contributed by atoms with van der Waals surface area (Å²) in [6, 6.07) is 25.3. The van der Waals surface area contributed by atoms with E-state index in [0.29, 0.717) is 0 Å². The van der Waals surface area contributed by atoms with E-state index in [9.17, 15) is 0 Å². The summed E-state index contributed by atoms with van der Waals surface area (Å²) in [6.07, 6.45) is 0. The second-order valence-corrected chi connectivity index (χ2v) is 8.42. The molecule has 0 bridgehead atoms. The van der Waals surface area contributed by atoms with Gasteiger partial charge in [0.15, 0.2) is 0 Å². The maximum Gasteiger partial charge on any atom is 0.0406 e. The molecule has 0 aliphatic rings. The second kappa shape index (κ2) is 7.50. The molecule has 0 saturated heterocycles. The number of hydrogen-bond donors (Lipinski definition) is 0. The highest BCUT2D eigenvalue weighted by Gasteiger charge is 2.09. The van der Waals surface area contributed by atoms with Crippen molar-refractivity contribution in [1.82, 2.24) is 0 Å². The first-order valence-electron chi connectivity index (χ1n) is 9.98. The molecule has 0 aliphatic heterocycles. The largest absolute Gasteiger partial charge is 0.0920 e. The molecule has 0 atom stereocenters. The summed E-state index contributed by atoms with van der Waals surface area (Å²) < 4.78 is 0. The summed E-state index contributed by atoms with van der Waals surface area (Å²) in [5.41, 5.74) is 4.44. The van der Waals surface area contributed by atoms with Gasteiger partial charge in [0.2, 0.25) is 0 Å². The molecule has 0 unspecified atom stereocenters. The molecule has 0 heterocycles. The molecule has 0 saturated carbocycles. The lowest BCUT2D eigenvalue weighted by Gasteiger charge is -2.11. The first kappa shape index (κ1) is 18.9. The molecule has 0 heteroatoms. The van der Waals surface area contributed by atoms with Crippen molar-refractivity contribution in [2.24, 2.45) is 5.41 Å². The highest BCUT2D eigenvalue weighted by atomic mass is 14.1. The van der Waals surface area contributed by atoms with E-state index in [0.717, 1.165) is 16.7 Å². The standard InChI is InChI=1S/C29H24/c1-21-24-9-5-7-11-26(24)28(27-12-8-6-10-25(21)27)18-17-22-13-15-23(16-14-22)19-20-29(2,3)4/h5-16H,1-4H3. The molecule has 0 aromatic heterocycles. The van der Waals surface area contributed by atoms with Gasteiger partial charge in [-0.3, -0.25) is 0 Å². The molecule has 0 aliphatic carbocycles. The van der Waals surface area contributed by atoms with Gasteiger partial charge in [-0.1, -0.05) is 72.2 Å². The van der Waals surface area contributed by atoms with Crippen molar-refractivity contribution in [2.75, 3.05) is 0 Å². The van der Waals surface area contributed by atoms with Crippen molar-refractivity contribution >= 4 is 21.5 Å². The SMILES string of the molecule is Cc1c2ccccc2c(C#Cc2ccc(C#CC(C)(C)C)cc2)c2ccccc12. The van der Waals surface area contributed by atoms with E-state index >= 15 is 0 Å². The summed E-state index contributed by atoms with van der Waals surface area (Å²) in [5.74, 6) is 13.3. The Morgan fingerprint density at radius 3 is 1.48 bits per heavy atom. The lowest BCUT2D eigenvalue weighted by Crippen LogP contribution is -1.99. The van der Waals surface area contributed by atoms with Crippen LogP contribution in [0, 0.1) is 36.0 Å². The Balaban J connectivity index is 1.80. The zero-order chi connectivity index (χ0) is 20.4. The van der Waals surface area contributed by atoms with E-state index in [1.807, 2.05) is 12.1 Å². The smallest absolute Gasteiger partial charge is 0.0406 e. The van der Waals surface area contributed by atoms with E-state index in [-0.39, 0.29) is 5.41 Å². The normalized spacial score (nSPS) is 10.9. The van der Waals surface area contributed by atoms with Gasteiger partial charge >= 0.3 is 0 Å². The van der Waals surface area contributed by atoms with Crippen LogP contribution in [0.3, 0.4) is 0 Å². The minimum absolute atomic E-state index is 0.00598. The van der Waals surface area contributed by atoms with Gasteiger partial charge in [0.1, 0.15) is 0 Å². The number of benzene rings is 4. The number of rotatable bonds is 0. The van der Waals surface area contributed by atoms with E-state index in [1.165, 1.54) is 27.1 Å². The minimum Gasteiger partial charge on any atom is -0.0920 e. The molecule has 0 fully saturated rings. The summed E-state index contributed by atoms with van der Waals surface area (Å²) in [4.78, 5) is 0. The fraction of sp³-hybridized carbons (Fsp3) is 0.172. The molecule has 4 aromatic rings. The number of hydrogen-bond acceptors (Lipinski definition) is 0. The van der Waals surface area contributed by atoms with Crippen LogP contribution in [0.1, 0.15) is 43.0 Å². The molecule has 4 rings (SSSR count). The van der Waals surface area contributed by atoms with E-state index < -0.39 is 0 Å². The zero-order valence-corrected chi connectivity index (χ0v) is 17.4. The first-order chi connectivity index (χ1) is 13.9. The van der Waals surface area contributed by atoms with E-state index in [2.05, 4.69) is 112 Å². The van der Waals surface area contributed by atoms with Gasteiger partial charge in [-0.05, 0) is 79.1 Å². The van der Waals surface area contributed by atoms with Gasteiger partial charge in [-0.15, -0.1) is 0 Å². The molecule has 140 valence electrons. The summed E-state index contributed by atoms with van der Waals surface area (Å²) >= 11 is 0. The zero-order valence-electron chi connectivity index (χ0n) is 17.4. The van der Waals surface area contributed by atoms with Crippen molar-refractivity contribution < 1.29 is 0 Å². The Bertz CT molecular complexity index is 1270. The van der Waals surface area contributed by atoms with Crippen LogP contribution < -0.4 is 0 Å². The van der Waals surface area contributed by atoms with Crippen molar-refractivity contribution in [3.05, 3.63) is 95.1 Å². The van der Waals surface area contributed by atoms with Gasteiger partial charge in [0.25, 0.3) is 0 Å². The van der Waals surface area contributed by atoms with Crippen LogP contribution in [-0.4, -0.2) is 0 Å². The van der Waals surface area contributed by atoms with Crippen LogP contribution in [-0.2, 0) is 0 Å². The Hall–Kier alpha value is -3.48. The minimum atomic E-state index is 0.00598. The van der Waals surface area contributed by atoms with Gasteiger partial charge < -0.3 is 0 Å². The Morgan fingerprint density at radius 2 is 1.00 bits per heavy atom. The van der Waals surface area contributed by atoms with Crippen molar-refractivity contribution in [2.45, 2.75) is 27.7 Å². The summed E-state index contributed by atoms with van der Waals surface area (Å²) in [5, 5.41) is 4.96. The van der Waals surface area contributed by atoms with Crippen molar-refractivity contribution in [1.29, 1.82) is 0 Å². The average molecular weight is 373 g/mol. The van der Waals surface area contributed by atoms with Crippen molar-refractivity contribution in [3.63, 3.8) is 0 Å². The summed E-state index contributed by atoms with van der Waals surface area (Å²) in [7, 11) is 0. The van der Waals surface area contributed by atoms with Gasteiger partial charge in [0, 0.05) is 22.1 Å². The van der Waals surface area contributed by atoms with Crippen LogP contribution in [0.2, 0.25) is 0 Å². The average Bonchev–Trinajstić information content (AvgIpc) is 2.72. The molecule has 0 nitrogen and oxygen atoms in total. The van der Waals surface area contributed by atoms with Gasteiger partial charge in [-0.2, -0.15) is 0 Å². The van der Waals surface area contributed by atoms with Crippen LogP contribution in [0.25, 0.3) is 21.5 Å². The first-order valence-corrected chi connectivity index (χ1v) is 9.98. The van der Waals surface area contributed by atoms with E-state index in [1.54, 1.807) is 0 Å². The molecule has 0 spiro atoms. The maximum absolute atomic E-state index is 3.46. The number of aryl methyl sites for hydroxylation is 1. The predicted molar refractivity (Wildman–Crippen MR) is 125 cm³/mol. The molecule has 0 N–H and O–H groups in total. The maximum atomic E-state index is 3.46. The Labute approximate surface area is 173 Å². The molecule has 0 amide bonds. The highest BCUT2D eigenvalue weighted by molar-refractivity contribution is 6.07. The van der Waals surface area contributed by atoms with Crippen LogP contribution in [0.15, 0.2) is 72.8 Å². The molecule has 29 heavy (non-hydrogen) atoms.